The highest BCUT2D eigenvalue weighted by Crippen LogP contribution is 2.31. The minimum atomic E-state index is 0.00919. The van der Waals surface area contributed by atoms with Crippen molar-refractivity contribution < 1.29 is 9.53 Å². The van der Waals surface area contributed by atoms with Crippen molar-refractivity contribution in [1.82, 2.24) is 5.32 Å². The monoisotopic (exact) mass is 261 g/mol. The van der Waals surface area contributed by atoms with Gasteiger partial charge in [0, 0.05) is 17.5 Å². The number of Topliss-reactive ketones (excluding diaryl/α,β-unsaturated/α-hetero) is 1. The molecule has 0 heterocycles. The molecule has 1 saturated carbocycles. The van der Waals surface area contributed by atoms with Crippen LogP contribution in [-0.2, 0) is 0 Å². The van der Waals surface area contributed by atoms with Crippen molar-refractivity contribution in [3.05, 3.63) is 29.8 Å². The lowest BCUT2D eigenvalue weighted by atomic mass is 9.77. The van der Waals surface area contributed by atoms with Gasteiger partial charge in [-0.15, -0.1) is 0 Å². The second-order valence-electron chi connectivity index (χ2n) is 5.42. The number of methoxy groups -OCH3 is 1. The lowest BCUT2D eigenvalue weighted by molar-refractivity contribution is 0.0915. The molecule has 1 aromatic carbocycles. The normalized spacial score (nSPS) is 18.0. The van der Waals surface area contributed by atoms with E-state index in [2.05, 4.69) is 5.32 Å². The third-order valence-corrected chi connectivity index (χ3v) is 4.25. The Morgan fingerprint density at radius 1 is 1.21 bits per heavy atom. The first-order valence-corrected chi connectivity index (χ1v) is 7.05. The average molecular weight is 261 g/mol. The third-order valence-electron chi connectivity index (χ3n) is 4.25. The van der Waals surface area contributed by atoms with E-state index in [9.17, 15) is 4.79 Å². The summed E-state index contributed by atoms with van der Waals surface area (Å²) >= 11 is 0. The van der Waals surface area contributed by atoms with E-state index >= 15 is 0 Å². The molecule has 0 aromatic heterocycles. The van der Waals surface area contributed by atoms with Crippen molar-refractivity contribution >= 4 is 5.78 Å². The van der Waals surface area contributed by atoms with E-state index in [-0.39, 0.29) is 11.3 Å². The van der Waals surface area contributed by atoms with Crippen molar-refractivity contribution in [2.45, 2.75) is 44.1 Å². The summed E-state index contributed by atoms with van der Waals surface area (Å²) in [5.41, 5.74) is 0.788. The van der Waals surface area contributed by atoms with Gasteiger partial charge >= 0.3 is 0 Å². The Morgan fingerprint density at radius 3 is 2.37 bits per heavy atom. The predicted molar refractivity (Wildman–Crippen MR) is 76.8 cm³/mol. The smallest absolute Gasteiger partial charge is 0.164 e. The van der Waals surface area contributed by atoms with Crippen molar-refractivity contribution in [2.75, 3.05) is 14.2 Å². The zero-order valence-electron chi connectivity index (χ0n) is 11.9. The lowest BCUT2D eigenvalue weighted by Crippen LogP contribution is -2.46. The van der Waals surface area contributed by atoms with Gasteiger partial charge in [-0.05, 0) is 44.2 Å². The van der Waals surface area contributed by atoms with Crippen LogP contribution in [0.4, 0.5) is 0 Å². The average Bonchev–Trinajstić information content (AvgIpc) is 2.48. The quantitative estimate of drug-likeness (QED) is 0.827. The van der Waals surface area contributed by atoms with E-state index in [1.807, 2.05) is 31.3 Å². The highest BCUT2D eigenvalue weighted by Gasteiger charge is 2.32. The van der Waals surface area contributed by atoms with Crippen LogP contribution in [-0.4, -0.2) is 25.5 Å². The van der Waals surface area contributed by atoms with E-state index in [1.54, 1.807) is 7.11 Å². The molecule has 0 unspecified atom stereocenters. The standard InChI is InChI=1S/C16H23NO2/c1-17-16(10-4-3-5-11-16)12-15(18)13-6-8-14(19-2)9-7-13/h6-9,17H,3-5,10-12H2,1-2H3. The number of carbonyl (C=O) groups excluding carboxylic acids is 1. The maximum atomic E-state index is 12.4. The van der Waals surface area contributed by atoms with Gasteiger partial charge in [-0.2, -0.15) is 0 Å². The number of carbonyl (C=O) groups is 1. The summed E-state index contributed by atoms with van der Waals surface area (Å²) in [7, 11) is 3.61. The fourth-order valence-corrected chi connectivity index (χ4v) is 2.93. The van der Waals surface area contributed by atoms with Gasteiger partial charge in [0.15, 0.2) is 5.78 Å². The number of ether oxygens (including phenoxy) is 1. The van der Waals surface area contributed by atoms with Gasteiger partial charge in [-0.3, -0.25) is 4.79 Å². The Labute approximate surface area is 115 Å². The molecule has 1 N–H and O–H groups in total. The summed E-state index contributed by atoms with van der Waals surface area (Å²) in [6.45, 7) is 0. The Kier molecular flexibility index (Phi) is 4.59. The Bertz CT molecular complexity index is 419. The Morgan fingerprint density at radius 2 is 1.84 bits per heavy atom. The second kappa shape index (κ2) is 6.20. The molecule has 3 heteroatoms. The molecule has 1 aliphatic carbocycles. The van der Waals surface area contributed by atoms with Gasteiger partial charge in [-0.25, -0.2) is 0 Å². The van der Waals surface area contributed by atoms with Gasteiger partial charge in [0.05, 0.1) is 7.11 Å². The number of ketones is 1. The molecule has 104 valence electrons. The lowest BCUT2D eigenvalue weighted by Gasteiger charge is -2.36. The topological polar surface area (TPSA) is 38.3 Å². The maximum absolute atomic E-state index is 12.4. The van der Waals surface area contributed by atoms with E-state index in [0.717, 1.165) is 24.2 Å². The number of hydrogen-bond acceptors (Lipinski definition) is 3. The van der Waals surface area contributed by atoms with Crippen LogP contribution in [0, 0.1) is 0 Å². The van der Waals surface area contributed by atoms with Crippen LogP contribution in [0.5, 0.6) is 5.75 Å². The highest BCUT2D eigenvalue weighted by atomic mass is 16.5. The molecule has 0 bridgehead atoms. The summed E-state index contributed by atoms with van der Waals surface area (Å²) in [6, 6.07) is 7.40. The fraction of sp³-hybridized carbons (Fsp3) is 0.562. The van der Waals surface area contributed by atoms with Gasteiger partial charge < -0.3 is 10.1 Å². The van der Waals surface area contributed by atoms with E-state index in [1.165, 1.54) is 19.3 Å². The predicted octanol–water partition coefficient (Wildman–Crippen LogP) is 3.19. The summed E-state index contributed by atoms with van der Waals surface area (Å²) < 4.78 is 5.12. The zero-order valence-corrected chi connectivity index (χ0v) is 11.9. The van der Waals surface area contributed by atoms with Crippen LogP contribution < -0.4 is 10.1 Å². The van der Waals surface area contributed by atoms with E-state index < -0.39 is 0 Å². The van der Waals surface area contributed by atoms with Gasteiger partial charge in [0.1, 0.15) is 5.75 Å². The summed E-state index contributed by atoms with van der Waals surface area (Å²) in [5.74, 6) is 1.01. The second-order valence-corrected chi connectivity index (χ2v) is 5.42. The van der Waals surface area contributed by atoms with Crippen LogP contribution in [0.2, 0.25) is 0 Å². The van der Waals surface area contributed by atoms with Crippen LogP contribution >= 0.6 is 0 Å². The Balaban J connectivity index is 2.06. The van der Waals surface area contributed by atoms with E-state index in [0.29, 0.717) is 6.42 Å². The summed E-state index contributed by atoms with van der Waals surface area (Å²) in [4.78, 5) is 12.4. The molecule has 1 fully saturated rings. The molecule has 1 aromatic rings. The number of benzene rings is 1. The van der Waals surface area contributed by atoms with Gasteiger partial charge in [0.2, 0.25) is 0 Å². The molecule has 0 amide bonds. The van der Waals surface area contributed by atoms with Crippen molar-refractivity contribution in [3.63, 3.8) is 0 Å². The van der Waals surface area contributed by atoms with Crippen molar-refractivity contribution in [3.8, 4) is 5.75 Å². The van der Waals surface area contributed by atoms with Gasteiger partial charge in [-0.1, -0.05) is 19.3 Å². The molecular weight excluding hydrogens is 238 g/mol. The molecule has 19 heavy (non-hydrogen) atoms. The number of hydrogen-bond donors (Lipinski definition) is 1. The number of nitrogens with one attached hydrogen (secondary N) is 1. The van der Waals surface area contributed by atoms with Crippen LogP contribution in [0.15, 0.2) is 24.3 Å². The molecule has 3 nitrogen and oxygen atoms in total. The molecule has 0 spiro atoms. The summed E-state index contributed by atoms with van der Waals surface area (Å²) in [6.07, 6.45) is 6.53. The van der Waals surface area contributed by atoms with Crippen LogP contribution in [0.3, 0.4) is 0 Å². The fourth-order valence-electron chi connectivity index (χ4n) is 2.93. The first kappa shape index (κ1) is 14.1. The van der Waals surface area contributed by atoms with Crippen molar-refractivity contribution in [2.24, 2.45) is 0 Å². The minimum absolute atomic E-state index is 0.00919. The van der Waals surface area contributed by atoms with Crippen LogP contribution in [0.1, 0.15) is 48.9 Å². The van der Waals surface area contributed by atoms with E-state index in [4.69, 9.17) is 4.74 Å². The van der Waals surface area contributed by atoms with Gasteiger partial charge in [0.25, 0.3) is 0 Å². The molecule has 1 aliphatic rings. The van der Waals surface area contributed by atoms with Crippen LogP contribution in [0.25, 0.3) is 0 Å². The first-order chi connectivity index (χ1) is 9.19. The zero-order chi connectivity index (χ0) is 13.7. The maximum Gasteiger partial charge on any atom is 0.164 e. The molecule has 2 rings (SSSR count). The Hall–Kier alpha value is -1.35. The molecule has 0 atom stereocenters. The molecule has 0 saturated heterocycles. The SMILES string of the molecule is CNC1(CC(=O)c2ccc(OC)cc2)CCCCC1. The molecule has 0 aliphatic heterocycles. The minimum Gasteiger partial charge on any atom is -0.497 e. The summed E-state index contributed by atoms with van der Waals surface area (Å²) in [5, 5.41) is 3.40. The molecule has 0 radical (unpaired) electrons. The van der Waals surface area contributed by atoms with Crippen molar-refractivity contribution in [1.29, 1.82) is 0 Å². The molecular formula is C16H23NO2. The number of rotatable bonds is 5. The first-order valence-electron chi connectivity index (χ1n) is 7.05. The largest absolute Gasteiger partial charge is 0.497 e. The highest BCUT2D eigenvalue weighted by molar-refractivity contribution is 5.96. The third kappa shape index (κ3) is 3.35.